The summed E-state index contributed by atoms with van der Waals surface area (Å²) >= 11 is 0. The van der Waals surface area contributed by atoms with Crippen LogP contribution in [0, 0.1) is 0 Å². The molecular formula is C45H56. The maximum atomic E-state index is 2.47. The molecule has 45 heavy (non-hydrogen) atoms. The molecule has 0 fully saturated rings. The summed E-state index contributed by atoms with van der Waals surface area (Å²) in [4.78, 5) is 0. The molecule has 0 saturated carbocycles. The van der Waals surface area contributed by atoms with Crippen molar-refractivity contribution in [2.45, 2.75) is 134 Å². The average molecular weight is 597 g/mol. The van der Waals surface area contributed by atoms with Crippen molar-refractivity contribution in [3.05, 3.63) is 119 Å². The van der Waals surface area contributed by atoms with Crippen LogP contribution in [0.4, 0.5) is 0 Å². The van der Waals surface area contributed by atoms with Crippen molar-refractivity contribution in [3.63, 3.8) is 0 Å². The van der Waals surface area contributed by atoms with E-state index in [4.69, 9.17) is 0 Å². The van der Waals surface area contributed by atoms with E-state index < -0.39 is 0 Å². The number of hydrogen-bond donors (Lipinski definition) is 0. The third-order valence-corrected chi connectivity index (χ3v) is 11.5. The van der Waals surface area contributed by atoms with E-state index in [9.17, 15) is 0 Å². The predicted octanol–water partition coefficient (Wildman–Crippen LogP) is 13.6. The average Bonchev–Trinajstić information content (AvgIpc) is 3.52. The van der Waals surface area contributed by atoms with Gasteiger partial charge < -0.3 is 0 Å². The van der Waals surface area contributed by atoms with Crippen LogP contribution < -0.4 is 0 Å². The quantitative estimate of drug-likeness (QED) is 0.100. The van der Waals surface area contributed by atoms with Crippen LogP contribution in [0.5, 0.6) is 0 Å². The number of rotatable bonds is 18. The minimum atomic E-state index is 0.122. The standard InChI is InChI=1S/C45H56/c1-3-5-7-9-11-21-32-44(40-28-17-13-24-36(40)37-25-14-18-29-41(37)44)34-23-35-45(33-22-12-10-8-6-4-2)42-30-19-15-26-38(42)39-27-16-20-31-43(39)45/h13-20,24-31H,3-12,21-23,32-35H2,1-2H3. The molecule has 0 heteroatoms. The highest BCUT2D eigenvalue weighted by molar-refractivity contribution is 5.82. The summed E-state index contributed by atoms with van der Waals surface area (Å²) in [5, 5.41) is 0. The maximum Gasteiger partial charge on any atom is 0.0215 e. The van der Waals surface area contributed by atoms with E-state index in [0.717, 1.165) is 0 Å². The molecule has 0 radical (unpaired) electrons. The molecule has 0 atom stereocenters. The number of benzene rings is 4. The summed E-state index contributed by atoms with van der Waals surface area (Å²) in [6.07, 6.45) is 22.5. The Balaban J connectivity index is 1.30. The first-order chi connectivity index (χ1) is 22.2. The van der Waals surface area contributed by atoms with E-state index in [1.807, 2.05) is 0 Å². The van der Waals surface area contributed by atoms with Crippen molar-refractivity contribution in [1.29, 1.82) is 0 Å². The third kappa shape index (κ3) is 6.32. The second kappa shape index (κ2) is 15.0. The first kappa shape index (κ1) is 31.8. The van der Waals surface area contributed by atoms with Gasteiger partial charge in [0.25, 0.3) is 0 Å². The van der Waals surface area contributed by atoms with Crippen molar-refractivity contribution in [1.82, 2.24) is 0 Å². The van der Waals surface area contributed by atoms with Gasteiger partial charge in [0.05, 0.1) is 0 Å². The fourth-order valence-corrected chi connectivity index (χ4v) is 9.26. The molecule has 4 aromatic rings. The zero-order chi connectivity index (χ0) is 31.0. The lowest BCUT2D eigenvalue weighted by molar-refractivity contribution is 0.354. The van der Waals surface area contributed by atoms with Gasteiger partial charge in [0, 0.05) is 10.8 Å². The van der Waals surface area contributed by atoms with Crippen LogP contribution >= 0.6 is 0 Å². The SMILES string of the molecule is CCCCCCCCC1(CCCC2(CCCCCCCC)c3ccccc3-c3ccccc32)c2ccccc2-c2ccccc21. The Bertz CT molecular complexity index is 1320. The van der Waals surface area contributed by atoms with Crippen molar-refractivity contribution in [3.8, 4) is 22.3 Å². The topological polar surface area (TPSA) is 0 Å². The molecule has 6 rings (SSSR count). The molecule has 0 amide bonds. The highest BCUT2D eigenvalue weighted by Crippen LogP contribution is 2.57. The lowest BCUT2D eigenvalue weighted by Gasteiger charge is -2.36. The van der Waals surface area contributed by atoms with Crippen LogP contribution in [0.15, 0.2) is 97.1 Å². The lowest BCUT2D eigenvalue weighted by atomic mass is 9.66. The minimum Gasteiger partial charge on any atom is -0.0654 e. The first-order valence-corrected chi connectivity index (χ1v) is 18.6. The molecule has 2 aliphatic rings. The number of fused-ring (bicyclic) bond motifs is 6. The Morgan fingerprint density at radius 1 is 0.311 bits per heavy atom. The van der Waals surface area contributed by atoms with Gasteiger partial charge in [0.15, 0.2) is 0 Å². The first-order valence-electron chi connectivity index (χ1n) is 18.6. The van der Waals surface area contributed by atoms with E-state index in [1.165, 1.54) is 131 Å². The molecule has 0 aliphatic heterocycles. The summed E-state index contributed by atoms with van der Waals surface area (Å²) in [6, 6.07) is 37.6. The Labute approximate surface area is 274 Å². The summed E-state index contributed by atoms with van der Waals surface area (Å²) in [5.74, 6) is 0. The normalized spacial score (nSPS) is 15.0. The molecule has 0 heterocycles. The lowest BCUT2D eigenvalue weighted by Crippen LogP contribution is -2.29. The minimum absolute atomic E-state index is 0.122. The smallest absolute Gasteiger partial charge is 0.0215 e. The molecule has 2 aliphatic carbocycles. The van der Waals surface area contributed by atoms with Gasteiger partial charge in [0.2, 0.25) is 0 Å². The monoisotopic (exact) mass is 596 g/mol. The Morgan fingerprint density at radius 2 is 0.578 bits per heavy atom. The van der Waals surface area contributed by atoms with Gasteiger partial charge in [-0.25, -0.2) is 0 Å². The van der Waals surface area contributed by atoms with E-state index in [0.29, 0.717) is 0 Å². The molecule has 0 aromatic heterocycles. The molecule has 236 valence electrons. The zero-order valence-corrected chi connectivity index (χ0v) is 28.3. The van der Waals surface area contributed by atoms with E-state index in [-0.39, 0.29) is 10.8 Å². The van der Waals surface area contributed by atoms with Crippen LogP contribution in [0.2, 0.25) is 0 Å². The van der Waals surface area contributed by atoms with Crippen molar-refractivity contribution in [2.24, 2.45) is 0 Å². The fraction of sp³-hybridized carbons (Fsp3) is 0.467. The Kier molecular flexibility index (Phi) is 10.6. The van der Waals surface area contributed by atoms with Gasteiger partial charge in [-0.1, -0.05) is 194 Å². The predicted molar refractivity (Wildman–Crippen MR) is 195 cm³/mol. The highest BCUT2D eigenvalue weighted by atomic mass is 14.5. The molecule has 0 unspecified atom stereocenters. The van der Waals surface area contributed by atoms with Crippen molar-refractivity contribution >= 4 is 0 Å². The summed E-state index contributed by atoms with van der Waals surface area (Å²) in [5.41, 5.74) is 12.6. The van der Waals surface area contributed by atoms with Crippen LogP contribution in [0.1, 0.15) is 145 Å². The number of hydrogen-bond acceptors (Lipinski definition) is 0. The van der Waals surface area contributed by atoms with Gasteiger partial charge in [-0.15, -0.1) is 0 Å². The van der Waals surface area contributed by atoms with E-state index in [1.54, 1.807) is 22.3 Å². The van der Waals surface area contributed by atoms with Crippen LogP contribution in [-0.2, 0) is 10.8 Å². The second-order valence-corrected chi connectivity index (χ2v) is 14.2. The number of unbranched alkanes of at least 4 members (excludes halogenated alkanes) is 10. The molecule has 0 bridgehead atoms. The fourth-order valence-electron chi connectivity index (χ4n) is 9.26. The van der Waals surface area contributed by atoms with Gasteiger partial charge in [-0.2, -0.15) is 0 Å². The highest BCUT2D eigenvalue weighted by Gasteiger charge is 2.45. The van der Waals surface area contributed by atoms with Gasteiger partial charge in [0.1, 0.15) is 0 Å². The van der Waals surface area contributed by atoms with Gasteiger partial charge in [-0.05, 0) is 70.2 Å². The van der Waals surface area contributed by atoms with Crippen LogP contribution in [0.3, 0.4) is 0 Å². The largest absolute Gasteiger partial charge is 0.0654 e. The van der Waals surface area contributed by atoms with Gasteiger partial charge in [-0.3, -0.25) is 0 Å². The Morgan fingerprint density at radius 3 is 0.911 bits per heavy atom. The summed E-state index contributed by atoms with van der Waals surface area (Å²) < 4.78 is 0. The zero-order valence-electron chi connectivity index (χ0n) is 28.3. The summed E-state index contributed by atoms with van der Waals surface area (Å²) in [7, 11) is 0. The second-order valence-electron chi connectivity index (χ2n) is 14.2. The van der Waals surface area contributed by atoms with Crippen molar-refractivity contribution < 1.29 is 0 Å². The molecule has 0 spiro atoms. The van der Waals surface area contributed by atoms with E-state index >= 15 is 0 Å². The maximum absolute atomic E-state index is 2.47. The third-order valence-electron chi connectivity index (χ3n) is 11.5. The molecule has 0 N–H and O–H groups in total. The molecular weight excluding hydrogens is 540 g/mol. The molecule has 0 saturated heterocycles. The van der Waals surface area contributed by atoms with Crippen LogP contribution in [0.25, 0.3) is 22.3 Å². The van der Waals surface area contributed by atoms with Crippen LogP contribution in [-0.4, -0.2) is 0 Å². The van der Waals surface area contributed by atoms with Crippen molar-refractivity contribution in [2.75, 3.05) is 0 Å². The summed E-state index contributed by atoms with van der Waals surface area (Å²) in [6.45, 7) is 4.64. The Hall–Kier alpha value is -3.12. The molecule has 0 nitrogen and oxygen atoms in total. The van der Waals surface area contributed by atoms with E-state index in [2.05, 4.69) is 111 Å². The molecule has 4 aromatic carbocycles. The van der Waals surface area contributed by atoms with Gasteiger partial charge >= 0.3 is 0 Å².